The molecule has 5 nitrogen and oxygen atoms in total. The molecule has 1 aliphatic carbocycles. The summed E-state index contributed by atoms with van der Waals surface area (Å²) < 4.78 is 5.30. The summed E-state index contributed by atoms with van der Waals surface area (Å²) in [6.45, 7) is 8.12. The van der Waals surface area contributed by atoms with Gasteiger partial charge in [-0.15, -0.1) is 24.0 Å². The molecule has 2 rings (SSSR count). The first-order valence-corrected chi connectivity index (χ1v) is 8.79. The van der Waals surface area contributed by atoms with Crippen LogP contribution in [0.3, 0.4) is 0 Å². The fourth-order valence-corrected chi connectivity index (χ4v) is 3.01. The minimum atomic E-state index is -1.09. The molecule has 3 N–H and O–H groups in total. The number of hydrogen-bond acceptors (Lipinski definition) is 3. The molecule has 138 valence electrons. The first-order valence-electron chi connectivity index (χ1n) is 8.79. The van der Waals surface area contributed by atoms with Crippen LogP contribution in [0.4, 0.5) is 0 Å². The van der Waals surface area contributed by atoms with Crippen molar-refractivity contribution in [3.63, 3.8) is 0 Å². The van der Waals surface area contributed by atoms with Crippen LogP contribution in [0.25, 0.3) is 0 Å². The van der Waals surface area contributed by atoms with E-state index in [4.69, 9.17) is 4.42 Å². The van der Waals surface area contributed by atoms with Crippen molar-refractivity contribution in [3.05, 3.63) is 24.2 Å². The van der Waals surface area contributed by atoms with E-state index >= 15 is 0 Å². The molecule has 6 heteroatoms. The Morgan fingerprint density at radius 1 is 1.33 bits per heavy atom. The molecule has 24 heavy (non-hydrogen) atoms. The third-order valence-corrected chi connectivity index (χ3v) is 4.63. The SMILES string of the molecule is CCNC(=NCC(C)(O)c1ccco1)NCC1CCC(C)CC1.I. The molecule has 1 saturated carbocycles. The van der Waals surface area contributed by atoms with Gasteiger partial charge in [0.05, 0.1) is 12.8 Å². The van der Waals surface area contributed by atoms with Crippen LogP contribution in [-0.2, 0) is 5.60 Å². The smallest absolute Gasteiger partial charge is 0.191 e. The molecule has 0 saturated heterocycles. The molecular formula is C18H32IN3O2. The van der Waals surface area contributed by atoms with Crippen molar-refractivity contribution in [2.45, 2.75) is 52.1 Å². The van der Waals surface area contributed by atoms with Crippen molar-refractivity contribution < 1.29 is 9.52 Å². The highest BCUT2D eigenvalue weighted by Crippen LogP contribution is 2.27. The second-order valence-electron chi connectivity index (χ2n) is 6.95. The number of guanidine groups is 1. The number of nitrogens with one attached hydrogen (secondary N) is 2. The van der Waals surface area contributed by atoms with Gasteiger partial charge in [0, 0.05) is 13.1 Å². The number of aliphatic hydroxyl groups is 1. The van der Waals surface area contributed by atoms with Crippen molar-refractivity contribution in [1.82, 2.24) is 10.6 Å². The summed E-state index contributed by atoms with van der Waals surface area (Å²) in [5.74, 6) is 2.90. The van der Waals surface area contributed by atoms with Crippen molar-refractivity contribution in [2.75, 3.05) is 19.6 Å². The third-order valence-electron chi connectivity index (χ3n) is 4.63. The summed E-state index contributed by atoms with van der Waals surface area (Å²) in [5.41, 5.74) is -1.09. The van der Waals surface area contributed by atoms with Crippen LogP contribution in [0.1, 0.15) is 52.2 Å². The molecule has 1 aromatic heterocycles. The highest BCUT2D eigenvalue weighted by Gasteiger charge is 2.26. The van der Waals surface area contributed by atoms with E-state index in [2.05, 4.69) is 22.5 Å². The fraction of sp³-hybridized carbons (Fsp3) is 0.722. The molecule has 1 heterocycles. The van der Waals surface area contributed by atoms with Crippen LogP contribution in [0.15, 0.2) is 27.8 Å². The zero-order valence-corrected chi connectivity index (χ0v) is 17.4. The molecule has 0 bridgehead atoms. The molecule has 1 aromatic rings. The molecule has 0 aromatic carbocycles. The standard InChI is InChI=1S/C18H31N3O2.HI/c1-4-19-17(20-12-15-9-7-14(2)8-10-15)21-13-18(3,22)16-6-5-11-23-16;/h5-6,11,14-15,22H,4,7-10,12-13H2,1-3H3,(H2,19,20,21);1H. The molecule has 1 unspecified atom stereocenters. The van der Waals surface area contributed by atoms with E-state index in [1.807, 2.05) is 6.92 Å². The van der Waals surface area contributed by atoms with Crippen LogP contribution in [0.2, 0.25) is 0 Å². The topological polar surface area (TPSA) is 69.8 Å². The Labute approximate surface area is 162 Å². The highest BCUT2D eigenvalue weighted by molar-refractivity contribution is 14.0. The average molecular weight is 449 g/mol. The predicted molar refractivity (Wildman–Crippen MR) is 109 cm³/mol. The van der Waals surface area contributed by atoms with E-state index in [1.165, 1.54) is 25.7 Å². The zero-order valence-electron chi connectivity index (χ0n) is 15.0. The van der Waals surface area contributed by atoms with E-state index in [0.717, 1.165) is 30.9 Å². The van der Waals surface area contributed by atoms with Crippen LogP contribution < -0.4 is 10.6 Å². The van der Waals surface area contributed by atoms with Gasteiger partial charge >= 0.3 is 0 Å². The number of rotatable bonds is 6. The first kappa shape index (κ1) is 21.3. The predicted octanol–water partition coefficient (Wildman–Crippen LogP) is 3.49. The van der Waals surface area contributed by atoms with E-state index < -0.39 is 5.60 Å². The van der Waals surface area contributed by atoms with E-state index in [0.29, 0.717) is 5.76 Å². The Hall–Kier alpha value is -0.760. The summed E-state index contributed by atoms with van der Waals surface area (Å²) in [7, 11) is 0. The van der Waals surface area contributed by atoms with Crippen LogP contribution in [0.5, 0.6) is 0 Å². The van der Waals surface area contributed by atoms with Crippen molar-refractivity contribution in [2.24, 2.45) is 16.8 Å². The van der Waals surface area contributed by atoms with Gasteiger partial charge in [-0.25, -0.2) is 4.99 Å². The lowest BCUT2D eigenvalue weighted by atomic mass is 9.83. The Morgan fingerprint density at radius 3 is 2.62 bits per heavy atom. The second kappa shape index (κ2) is 10.3. The Bertz CT molecular complexity index is 480. The summed E-state index contributed by atoms with van der Waals surface area (Å²) >= 11 is 0. The molecule has 0 aliphatic heterocycles. The lowest BCUT2D eigenvalue weighted by Gasteiger charge is -2.27. The van der Waals surface area contributed by atoms with Crippen LogP contribution >= 0.6 is 24.0 Å². The summed E-state index contributed by atoms with van der Waals surface area (Å²) in [6.07, 6.45) is 6.80. The Kier molecular flexibility index (Phi) is 9.12. The summed E-state index contributed by atoms with van der Waals surface area (Å²) in [6, 6.07) is 3.56. The Balaban J connectivity index is 0.00000288. The van der Waals surface area contributed by atoms with Gasteiger partial charge in [0.1, 0.15) is 11.4 Å². The van der Waals surface area contributed by atoms with Crippen molar-refractivity contribution in [1.29, 1.82) is 0 Å². The van der Waals surface area contributed by atoms with Crippen LogP contribution in [0, 0.1) is 11.8 Å². The van der Waals surface area contributed by atoms with E-state index in [9.17, 15) is 5.11 Å². The van der Waals surface area contributed by atoms with Gasteiger partial charge in [0.15, 0.2) is 5.96 Å². The second-order valence-corrected chi connectivity index (χ2v) is 6.95. The number of aliphatic imine (C=N–C) groups is 1. The zero-order chi connectivity index (χ0) is 16.7. The van der Waals surface area contributed by atoms with Gasteiger partial charge < -0.3 is 20.2 Å². The number of nitrogens with zero attached hydrogens (tertiary/aromatic N) is 1. The maximum Gasteiger partial charge on any atom is 0.191 e. The fourth-order valence-electron chi connectivity index (χ4n) is 3.01. The Morgan fingerprint density at radius 2 is 2.04 bits per heavy atom. The van der Waals surface area contributed by atoms with Gasteiger partial charge in [-0.1, -0.05) is 19.8 Å². The normalized spacial score (nSPS) is 23.9. The van der Waals surface area contributed by atoms with Crippen molar-refractivity contribution >= 4 is 29.9 Å². The number of hydrogen-bond donors (Lipinski definition) is 3. The first-order chi connectivity index (χ1) is 11.0. The molecule has 1 fully saturated rings. The van der Waals surface area contributed by atoms with Crippen molar-refractivity contribution in [3.8, 4) is 0 Å². The summed E-state index contributed by atoms with van der Waals surface area (Å²) in [4.78, 5) is 4.52. The highest BCUT2D eigenvalue weighted by atomic mass is 127. The third kappa shape index (κ3) is 6.63. The maximum atomic E-state index is 10.5. The molecule has 0 radical (unpaired) electrons. The molecule has 0 amide bonds. The van der Waals surface area contributed by atoms with E-state index in [1.54, 1.807) is 25.3 Å². The number of furan rings is 1. The van der Waals surface area contributed by atoms with Gasteiger partial charge in [0.25, 0.3) is 0 Å². The minimum absolute atomic E-state index is 0. The summed E-state index contributed by atoms with van der Waals surface area (Å²) in [5, 5.41) is 17.1. The number of halogens is 1. The molecule has 1 atom stereocenters. The quantitative estimate of drug-likeness (QED) is 0.353. The largest absolute Gasteiger partial charge is 0.466 e. The van der Waals surface area contributed by atoms with Gasteiger partial charge in [-0.3, -0.25) is 0 Å². The minimum Gasteiger partial charge on any atom is -0.466 e. The van der Waals surface area contributed by atoms with Crippen LogP contribution in [-0.4, -0.2) is 30.7 Å². The monoisotopic (exact) mass is 449 g/mol. The average Bonchev–Trinajstić information content (AvgIpc) is 3.07. The maximum absolute atomic E-state index is 10.5. The van der Waals surface area contributed by atoms with Gasteiger partial charge in [-0.2, -0.15) is 0 Å². The molecular weight excluding hydrogens is 417 g/mol. The molecule has 1 aliphatic rings. The lowest BCUT2D eigenvalue weighted by Crippen LogP contribution is -2.41. The lowest BCUT2D eigenvalue weighted by molar-refractivity contribution is 0.0437. The molecule has 0 spiro atoms. The van der Waals surface area contributed by atoms with E-state index in [-0.39, 0.29) is 30.5 Å². The van der Waals surface area contributed by atoms with Gasteiger partial charge in [0.2, 0.25) is 0 Å². The van der Waals surface area contributed by atoms with Gasteiger partial charge in [-0.05, 0) is 50.7 Å².